The summed E-state index contributed by atoms with van der Waals surface area (Å²) in [5, 5.41) is 14.7. The number of carbonyl (C=O) groups excluding carboxylic acids is 1. The molecule has 22 heavy (non-hydrogen) atoms. The van der Waals surface area contributed by atoms with Gasteiger partial charge in [-0.25, -0.2) is 4.79 Å². The fourth-order valence-corrected chi connectivity index (χ4v) is 2.73. The van der Waals surface area contributed by atoms with Crippen molar-refractivity contribution in [1.82, 2.24) is 20.2 Å². The van der Waals surface area contributed by atoms with E-state index in [0.717, 1.165) is 16.7 Å². The minimum Gasteiger partial charge on any atom is -0.466 e. The summed E-state index contributed by atoms with van der Waals surface area (Å²) >= 11 is 0. The van der Waals surface area contributed by atoms with Gasteiger partial charge in [-0.2, -0.15) is 4.68 Å². The van der Waals surface area contributed by atoms with Crippen molar-refractivity contribution in [1.29, 1.82) is 0 Å². The van der Waals surface area contributed by atoms with Crippen LogP contribution in [0.25, 0.3) is 0 Å². The van der Waals surface area contributed by atoms with Gasteiger partial charge in [-0.05, 0) is 42.3 Å². The molecule has 7 nitrogen and oxygen atoms in total. The van der Waals surface area contributed by atoms with Crippen LogP contribution < -0.4 is 5.32 Å². The summed E-state index contributed by atoms with van der Waals surface area (Å²) in [6, 6.07) is 5.71. The molecule has 1 N–H and O–H groups in total. The van der Waals surface area contributed by atoms with Crippen LogP contribution in [-0.4, -0.2) is 33.3 Å². The van der Waals surface area contributed by atoms with Gasteiger partial charge in [0.15, 0.2) is 0 Å². The van der Waals surface area contributed by atoms with E-state index < -0.39 is 12.0 Å². The highest BCUT2D eigenvalue weighted by Gasteiger charge is 2.35. The number of methoxy groups -OCH3 is 1. The molecule has 0 aliphatic carbocycles. The Morgan fingerprint density at radius 3 is 2.82 bits per heavy atom. The number of fused-ring (bicyclic) bond motifs is 1. The molecule has 2 aromatic rings. The molecular formula is C15H17N5O2. The fourth-order valence-electron chi connectivity index (χ4n) is 2.73. The third-order valence-electron chi connectivity index (χ3n) is 3.85. The number of ether oxygens (including phenoxy) is 1. The summed E-state index contributed by atoms with van der Waals surface area (Å²) < 4.78 is 6.57. The Labute approximate surface area is 128 Å². The van der Waals surface area contributed by atoms with Gasteiger partial charge in [0.1, 0.15) is 6.04 Å². The van der Waals surface area contributed by atoms with Gasteiger partial charge in [-0.15, -0.1) is 0 Å². The summed E-state index contributed by atoms with van der Waals surface area (Å²) in [6.45, 7) is 5.84. The highest BCUT2D eigenvalue weighted by atomic mass is 16.5. The number of hydrogen-bond donors (Lipinski definition) is 1. The maximum Gasteiger partial charge on any atom is 0.338 e. The van der Waals surface area contributed by atoms with E-state index in [1.54, 1.807) is 4.68 Å². The zero-order valence-corrected chi connectivity index (χ0v) is 12.9. The molecule has 1 aliphatic rings. The standard InChI is InChI=1S/C15H17N5O2/c1-8-5-6-9(2)11(7-8)13-12(14(21)22-4)10(3)16-15-17-18-19-20(13)15/h5-7,13H,1-4H3,(H,16,17,19). The number of tetrazole rings is 1. The Kier molecular flexibility index (Phi) is 3.40. The van der Waals surface area contributed by atoms with E-state index in [1.807, 2.05) is 39.0 Å². The molecule has 1 unspecified atom stereocenters. The molecule has 7 heteroatoms. The van der Waals surface area contributed by atoms with E-state index in [9.17, 15) is 4.79 Å². The average molecular weight is 299 g/mol. The molecule has 1 atom stereocenters. The van der Waals surface area contributed by atoms with Crippen molar-refractivity contribution in [3.05, 3.63) is 46.2 Å². The molecule has 0 saturated carbocycles. The van der Waals surface area contributed by atoms with Gasteiger partial charge < -0.3 is 10.1 Å². The van der Waals surface area contributed by atoms with Crippen LogP contribution in [0.2, 0.25) is 0 Å². The number of anilines is 1. The van der Waals surface area contributed by atoms with Crippen molar-refractivity contribution < 1.29 is 9.53 Å². The van der Waals surface area contributed by atoms with Crippen molar-refractivity contribution in [3.8, 4) is 0 Å². The first-order valence-electron chi connectivity index (χ1n) is 6.94. The van der Waals surface area contributed by atoms with Gasteiger partial charge >= 0.3 is 5.97 Å². The van der Waals surface area contributed by atoms with Crippen LogP contribution in [0.4, 0.5) is 5.95 Å². The number of benzene rings is 1. The number of nitrogens with one attached hydrogen (secondary N) is 1. The molecule has 2 heterocycles. The number of carbonyl (C=O) groups is 1. The maximum absolute atomic E-state index is 12.3. The quantitative estimate of drug-likeness (QED) is 0.851. The first kappa shape index (κ1) is 14.2. The average Bonchev–Trinajstić information content (AvgIpc) is 2.95. The van der Waals surface area contributed by atoms with Crippen molar-refractivity contribution >= 4 is 11.9 Å². The van der Waals surface area contributed by atoms with Gasteiger partial charge in [-0.3, -0.25) is 0 Å². The second-order valence-electron chi connectivity index (χ2n) is 5.36. The topological polar surface area (TPSA) is 81.9 Å². The molecule has 114 valence electrons. The first-order chi connectivity index (χ1) is 10.5. The largest absolute Gasteiger partial charge is 0.466 e. The highest BCUT2D eigenvalue weighted by Crippen LogP contribution is 2.36. The monoisotopic (exact) mass is 299 g/mol. The Morgan fingerprint density at radius 2 is 2.09 bits per heavy atom. The number of hydrogen-bond acceptors (Lipinski definition) is 6. The predicted molar refractivity (Wildman–Crippen MR) is 80.2 cm³/mol. The van der Waals surface area contributed by atoms with Gasteiger partial charge in [0, 0.05) is 5.70 Å². The zero-order valence-electron chi connectivity index (χ0n) is 12.9. The smallest absolute Gasteiger partial charge is 0.338 e. The number of aryl methyl sites for hydroxylation is 2. The number of allylic oxidation sites excluding steroid dienone is 1. The van der Waals surface area contributed by atoms with E-state index in [-0.39, 0.29) is 0 Å². The summed E-state index contributed by atoms with van der Waals surface area (Å²) in [6.07, 6.45) is 0. The first-order valence-corrected chi connectivity index (χ1v) is 6.94. The summed E-state index contributed by atoms with van der Waals surface area (Å²) in [4.78, 5) is 12.3. The molecule has 1 aromatic heterocycles. The van der Waals surface area contributed by atoms with Crippen molar-refractivity contribution in [3.63, 3.8) is 0 Å². The molecule has 0 amide bonds. The van der Waals surface area contributed by atoms with Gasteiger partial charge in [0.05, 0.1) is 12.7 Å². The van der Waals surface area contributed by atoms with E-state index in [1.165, 1.54) is 7.11 Å². The van der Waals surface area contributed by atoms with E-state index in [0.29, 0.717) is 17.2 Å². The van der Waals surface area contributed by atoms with Gasteiger partial charge in [0.25, 0.3) is 0 Å². The lowest BCUT2D eigenvalue weighted by Crippen LogP contribution is -2.29. The van der Waals surface area contributed by atoms with E-state index in [4.69, 9.17) is 4.74 Å². The van der Waals surface area contributed by atoms with Crippen LogP contribution in [0.1, 0.15) is 29.7 Å². The Bertz CT molecular complexity index is 778. The Morgan fingerprint density at radius 1 is 1.32 bits per heavy atom. The Balaban J connectivity index is 2.25. The molecule has 0 spiro atoms. The summed E-state index contributed by atoms with van der Waals surface area (Å²) in [7, 11) is 1.37. The molecular weight excluding hydrogens is 282 g/mol. The predicted octanol–water partition coefficient (Wildman–Crippen LogP) is 1.75. The second kappa shape index (κ2) is 5.25. The molecule has 0 radical (unpaired) electrons. The fraction of sp³-hybridized carbons (Fsp3) is 0.333. The third-order valence-corrected chi connectivity index (χ3v) is 3.85. The van der Waals surface area contributed by atoms with E-state index in [2.05, 4.69) is 20.8 Å². The minimum absolute atomic E-state index is 0.392. The normalized spacial score (nSPS) is 17.0. The number of nitrogens with zero attached hydrogens (tertiary/aromatic N) is 4. The van der Waals surface area contributed by atoms with Crippen LogP contribution in [0, 0.1) is 13.8 Å². The van der Waals surface area contributed by atoms with Crippen LogP contribution in [0.3, 0.4) is 0 Å². The number of aromatic nitrogens is 4. The third kappa shape index (κ3) is 2.14. The molecule has 0 bridgehead atoms. The second-order valence-corrected chi connectivity index (χ2v) is 5.36. The lowest BCUT2D eigenvalue weighted by atomic mass is 9.91. The summed E-state index contributed by atoms with van der Waals surface area (Å²) in [5.74, 6) is 0.119. The van der Waals surface area contributed by atoms with Gasteiger partial charge in [0.2, 0.25) is 5.95 Å². The van der Waals surface area contributed by atoms with E-state index >= 15 is 0 Å². The van der Waals surface area contributed by atoms with Crippen LogP contribution in [0.15, 0.2) is 29.5 Å². The van der Waals surface area contributed by atoms with Crippen LogP contribution in [-0.2, 0) is 9.53 Å². The van der Waals surface area contributed by atoms with Crippen LogP contribution >= 0.6 is 0 Å². The lowest BCUT2D eigenvalue weighted by molar-refractivity contribution is -0.136. The lowest BCUT2D eigenvalue weighted by Gasteiger charge is -2.28. The van der Waals surface area contributed by atoms with Crippen molar-refractivity contribution in [2.75, 3.05) is 12.4 Å². The molecule has 0 fully saturated rings. The molecule has 1 aromatic carbocycles. The Hall–Kier alpha value is -2.70. The van der Waals surface area contributed by atoms with Crippen molar-refractivity contribution in [2.45, 2.75) is 26.8 Å². The molecule has 1 aliphatic heterocycles. The molecule has 0 saturated heterocycles. The SMILES string of the molecule is COC(=O)C1=C(C)Nc2nnnn2C1c1cc(C)ccc1C. The van der Waals surface area contributed by atoms with Crippen molar-refractivity contribution in [2.24, 2.45) is 0 Å². The molecule has 3 rings (SSSR count). The number of esters is 1. The summed E-state index contributed by atoms with van der Waals surface area (Å²) in [5.41, 5.74) is 4.36. The minimum atomic E-state index is -0.404. The van der Waals surface area contributed by atoms with Gasteiger partial charge in [-0.1, -0.05) is 28.9 Å². The zero-order chi connectivity index (χ0) is 15.9. The highest BCUT2D eigenvalue weighted by molar-refractivity contribution is 5.92. The number of rotatable bonds is 2. The maximum atomic E-state index is 12.3. The van der Waals surface area contributed by atoms with Crippen LogP contribution in [0.5, 0.6) is 0 Å².